The molecule has 0 aliphatic rings. The Balaban J connectivity index is 3.09. The van der Waals surface area contributed by atoms with Crippen LogP contribution in [-0.4, -0.2) is 24.9 Å². The van der Waals surface area contributed by atoms with Gasteiger partial charge in [-0.3, -0.25) is 0 Å². The van der Waals surface area contributed by atoms with Gasteiger partial charge in [0.2, 0.25) is 0 Å². The van der Waals surface area contributed by atoms with Gasteiger partial charge in [-0.2, -0.15) is 0 Å². The van der Waals surface area contributed by atoms with Crippen LogP contribution < -0.4 is 11.1 Å². The molecule has 0 atom stereocenters. The minimum atomic E-state index is 0.337. The highest BCUT2D eigenvalue weighted by Crippen LogP contribution is 1.84. The molecule has 0 aromatic carbocycles. The van der Waals surface area contributed by atoms with Crippen LogP contribution in [0.3, 0.4) is 0 Å². The predicted molar refractivity (Wildman–Crippen MR) is 55.0 cm³/mol. The van der Waals surface area contributed by atoms with Gasteiger partial charge in [0.05, 0.1) is 0 Å². The summed E-state index contributed by atoms with van der Waals surface area (Å²) in [5.74, 6) is 0. The van der Waals surface area contributed by atoms with Gasteiger partial charge in [-0.15, -0.1) is 0 Å². The summed E-state index contributed by atoms with van der Waals surface area (Å²) in [7, 11) is 0. The van der Waals surface area contributed by atoms with Crippen LogP contribution in [0.25, 0.3) is 0 Å². The van der Waals surface area contributed by atoms with Gasteiger partial charge in [0.15, 0.2) is 5.11 Å². The van der Waals surface area contributed by atoms with Crippen molar-refractivity contribution in [1.29, 1.82) is 0 Å². The summed E-state index contributed by atoms with van der Waals surface area (Å²) in [5.41, 5.74) is 5.22. The molecule has 12 heavy (non-hydrogen) atoms. The van der Waals surface area contributed by atoms with E-state index in [1.54, 1.807) is 0 Å². The minimum absolute atomic E-state index is 0.337. The Labute approximate surface area is 79.0 Å². The molecule has 0 aliphatic carbocycles. The van der Waals surface area contributed by atoms with E-state index >= 15 is 0 Å². The molecule has 0 amide bonds. The molecule has 0 bridgehead atoms. The van der Waals surface area contributed by atoms with Crippen molar-refractivity contribution in [2.45, 2.75) is 13.3 Å². The maximum Gasteiger partial charge on any atom is 0.163 e. The van der Waals surface area contributed by atoms with Gasteiger partial charge in [0, 0.05) is 19.8 Å². The van der Waals surface area contributed by atoms with Crippen molar-refractivity contribution in [2.24, 2.45) is 5.73 Å². The van der Waals surface area contributed by atoms with Crippen LogP contribution in [0.5, 0.6) is 0 Å². The Morgan fingerprint density at radius 1 is 1.58 bits per heavy atom. The van der Waals surface area contributed by atoms with Gasteiger partial charge >= 0.3 is 0 Å². The van der Waals surface area contributed by atoms with Gasteiger partial charge in [-0.05, 0) is 25.6 Å². The largest absolute Gasteiger partial charge is 0.381 e. The smallest absolute Gasteiger partial charge is 0.163 e. The molecule has 0 saturated heterocycles. The van der Waals surface area contributed by atoms with Crippen molar-refractivity contribution in [2.75, 3.05) is 19.8 Å². The molecule has 0 radical (unpaired) electrons. The van der Waals surface area contributed by atoms with Gasteiger partial charge in [-0.1, -0.05) is 12.2 Å². The summed E-state index contributed by atoms with van der Waals surface area (Å²) in [6, 6.07) is 0. The number of rotatable bonds is 6. The highest BCUT2D eigenvalue weighted by molar-refractivity contribution is 7.80. The lowest BCUT2D eigenvalue weighted by atomic mass is 10.4. The Bertz CT molecular complexity index is 148. The van der Waals surface area contributed by atoms with E-state index in [9.17, 15) is 0 Å². The zero-order valence-electron chi connectivity index (χ0n) is 7.38. The van der Waals surface area contributed by atoms with Crippen LogP contribution in [-0.2, 0) is 4.74 Å². The molecule has 0 fully saturated rings. The molecule has 0 saturated carbocycles. The highest BCUT2D eigenvalue weighted by atomic mass is 32.1. The summed E-state index contributed by atoms with van der Waals surface area (Å²) >= 11 is 4.62. The molecule has 70 valence electrons. The number of thiocarbonyl (C=S) groups is 1. The van der Waals surface area contributed by atoms with Crippen LogP contribution in [0.2, 0.25) is 0 Å². The van der Waals surface area contributed by atoms with Crippen molar-refractivity contribution in [3.8, 4) is 0 Å². The molecule has 3 nitrogen and oxygen atoms in total. The first kappa shape index (κ1) is 11.4. The fourth-order valence-electron chi connectivity index (χ4n) is 0.656. The summed E-state index contributed by atoms with van der Waals surface area (Å²) in [4.78, 5) is 0. The summed E-state index contributed by atoms with van der Waals surface area (Å²) < 4.78 is 5.14. The van der Waals surface area contributed by atoms with Gasteiger partial charge in [0.1, 0.15) is 0 Å². The Kier molecular flexibility index (Phi) is 8.05. The Hall–Kier alpha value is -0.610. The van der Waals surface area contributed by atoms with E-state index in [1.807, 2.05) is 19.1 Å². The number of nitrogens with one attached hydrogen (secondary N) is 1. The molecule has 0 aromatic heterocycles. The van der Waals surface area contributed by atoms with Crippen molar-refractivity contribution in [3.63, 3.8) is 0 Å². The van der Waals surface area contributed by atoms with E-state index in [0.717, 1.165) is 19.6 Å². The molecule has 0 spiro atoms. The Morgan fingerprint density at radius 3 is 2.92 bits per heavy atom. The molecule has 0 heterocycles. The second-order valence-electron chi connectivity index (χ2n) is 2.20. The quantitative estimate of drug-likeness (QED) is 0.368. The van der Waals surface area contributed by atoms with Gasteiger partial charge < -0.3 is 15.8 Å². The van der Waals surface area contributed by atoms with Crippen LogP contribution >= 0.6 is 12.2 Å². The third kappa shape index (κ3) is 9.39. The highest BCUT2D eigenvalue weighted by Gasteiger charge is 1.82. The third-order valence-electron chi connectivity index (χ3n) is 1.19. The maximum absolute atomic E-state index is 5.22. The van der Waals surface area contributed by atoms with E-state index < -0.39 is 0 Å². The zero-order valence-corrected chi connectivity index (χ0v) is 8.19. The van der Waals surface area contributed by atoms with Crippen LogP contribution in [0.4, 0.5) is 0 Å². The van der Waals surface area contributed by atoms with Crippen molar-refractivity contribution in [1.82, 2.24) is 5.32 Å². The summed E-state index contributed by atoms with van der Waals surface area (Å²) in [5, 5.41) is 3.16. The standard InChI is InChI=1S/C8H16N2OS/c1-2-11-7-5-3-4-6-10-8(9)12/h3-4H,2,5-7H2,1H3,(H3,9,10,12). The first-order valence-electron chi connectivity index (χ1n) is 4.03. The third-order valence-corrected chi connectivity index (χ3v) is 1.34. The van der Waals surface area contributed by atoms with E-state index in [-0.39, 0.29) is 0 Å². The molecule has 3 N–H and O–H groups in total. The first-order chi connectivity index (χ1) is 5.77. The average molecular weight is 188 g/mol. The SMILES string of the molecule is CCOCCC=CCNC(N)=S. The summed E-state index contributed by atoms with van der Waals surface area (Å²) in [6.45, 7) is 4.23. The number of nitrogens with two attached hydrogens (primary N) is 1. The zero-order chi connectivity index (χ0) is 9.23. The fourth-order valence-corrected chi connectivity index (χ4v) is 0.740. The number of hydrogen-bond acceptors (Lipinski definition) is 2. The molecule has 4 heteroatoms. The van der Waals surface area contributed by atoms with Gasteiger partial charge in [-0.25, -0.2) is 0 Å². The second-order valence-corrected chi connectivity index (χ2v) is 2.64. The Morgan fingerprint density at radius 2 is 2.33 bits per heavy atom. The second kappa shape index (κ2) is 8.49. The number of ether oxygens (including phenoxy) is 1. The van der Waals surface area contributed by atoms with Crippen LogP contribution in [0, 0.1) is 0 Å². The lowest BCUT2D eigenvalue weighted by molar-refractivity contribution is 0.152. The van der Waals surface area contributed by atoms with Crippen molar-refractivity contribution >= 4 is 17.3 Å². The minimum Gasteiger partial charge on any atom is -0.381 e. The van der Waals surface area contributed by atoms with E-state index in [1.165, 1.54) is 0 Å². The topological polar surface area (TPSA) is 47.3 Å². The number of hydrogen-bond donors (Lipinski definition) is 2. The van der Waals surface area contributed by atoms with Crippen LogP contribution in [0.15, 0.2) is 12.2 Å². The molecule has 0 unspecified atom stereocenters. The van der Waals surface area contributed by atoms with E-state index in [0.29, 0.717) is 11.7 Å². The first-order valence-corrected chi connectivity index (χ1v) is 4.44. The average Bonchev–Trinajstić information content (AvgIpc) is 2.02. The van der Waals surface area contributed by atoms with Crippen molar-refractivity contribution < 1.29 is 4.74 Å². The van der Waals surface area contributed by atoms with E-state index in [4.69, 9.17) is 10.5 Å². The van der Waals surface area contributed by atoms with Crippen LogP contribution in [0.1, 0.15) is 13.3 Å². The lowest BCUT2D eigenvalue weighted by Crippen LogP contribution is -2.28. The van der Waals surface area contributed by atoms with Crippen molar-refractivity contribution in [3.05, 3.63) is 12.2 Å². The molecule has 0 rings (SSSR count). The van der Waals surface area contributed by atoms with E-state index in [2.05, 4.69) is 17.5 Å². The molecular weight excluding hydrogens is 172 g/mol. The predicted octanol–water partition coefficient (Wildman–Crippen LogP) is 0.802. The summed E-state index contributed by atoms with van der Waals surface area (Å²) in [6.07, 6.45) is 4.96. The normalized spacial score (nSPS) is 10.4. The fraction of sp³-hybridized carbons (Fsp3) is 0.625. The lowest BCUT2D eigenvalue weighted by Gasteiger charge is -1.97. The monoisotopic (exact) mass is 188 g/mol. The molecular formula is C8H16N2OS. The maximum atomic E-state index is 5.22. The molecule has 0 aromatic rings. The van der Waals surface area contributed by atoms with Gasteiger partial charge in [0.25, 0.3) is 0 Å². The molecule has 0 aliphatic heterocycles.